The summed E-state index contributed by atoms with van der Waals surface area (Å²) in [6, 6.07) is 18.0. The molecule has 1 saturated carbocycles. The van der Waals surface area contributed by atoms with Crippen molar-refractivity contribution in [1.82, 2.24) is 0 Å². The third-order valence-electron chi connectivity index (χ3n) is 6.90. The molecule has 0 bridgehead atoms. The van der Waals surface area contributed by atoms with E-state index >= 15 is 0 Å². The first-order valence-corrected chi connectivity index (χ1v) is 12.9. The molecule has 3 rings (SSSR count). The molecule has 0 N–H and O–H groups in total. The molecular formula is C31H39N. The Labute approximate surface area is 196 Å². The number of nitriles is 1. The molecule has 0 unspecified atom stereocenters. The van der Waals surface area contributed by atoms with Crippen LogP contribution in [0, 0.1) is 29.1 Å². The van der Waals surface area contributed by atoms with Gasteiger partial charge in [0.1, 0.15) is 6.07 Å². The summed E-state index contributed by atoms with van der Waals surface area (Å²) in [5.41, 5.74) is 5.86. The van der Waals surface area contributed by atoms with Crippen LogP contribution >= 0.6 is 0 Å². The molecule has 0 atom stereocenters. The van der Waals surface area contributed by atoms with Crippen molar-refractivity contribution in [2.24, 2.45) is 5.92 Å². The molecule has 168 valence electrons. The summed E-state index contributed by atoms with van der Waals surface area (Å²) in [6.45, 7) is 4.48. The third-order valence-corrected chi connectivity index (χ3v) is 6.90. The van der Waals surface area contributed by atoms with Crippen LogP contribution in [-0.4, -0.2) is 0 Å². The highest BCUT2D eigenvalue weighted by molar-refractivity contribution is 5.50. The monoisotopic (exact) mass is 425 g/mol. The maximum absolute atomic E-state index is 9.62. The van der Waals surface area contributed by atoms with Gasteiger partial charge in [-0.05, 0) is 79.7 Å². The highest BCUT2D eigenvalue weighted by atomic mass is 14.3. The van der Waals surface area contributed by atoms with Crippen LogP contribution in [0.2, 0.25) is 0 Å². The van der Waals surface area contributed by atoms with Crippen molar-refractivity contribution in [2.75, 3.05) is 0 Å². The van der Waals surface area contributed by atoms with Crippen molar-refractivity contribution in [3.05, 3.63) is 70.3 Å². The minimum atomic E-state index is 0.454. The Hall–Kier alpha value is -2.51. The standard InChI is InChI=1S/C31H39N/c1-3-5-6-7-8-10-27-16-22-30(31(23-27)24-32)21-15-26-13-19-29(20-14-26)28-17-11-25(9-4-2)12-18-28/h11-12,16-18,22-23,26,29H,3-10,13-14,19-20H2,1-2H3. The molecule has 0 aromatic heterocycles. The summed E-state index contributed by atoms with van der Waals surface area (Å²) in [7, 11) is 0. The number of hydrogen-bond donors (Lipinski definition) is 0. The first-order valence-electron chi connectivity index (χ1n) is 12.9. The molecule has 0 heterocycles. The van der Waals surface area contributed by atoms with Crippen LogP contribution in [0.1, 0.15) is 112 Å². The van der Waals surface area contributed by atoms with E-state index in [9.17, 15) is 5.26 Å². The highest BCUT2D eigenvalue weighted by Crippen LogP contribution is 2.35. The van der Waals surface area contributed by atoms with Gasteiger partial charge in [0.2, 0.25) is 0 Å². The molecule has 32 heavy (non-hydrogen) atoms. The Morgan fingerprint density at radius 2 is 1.47 bits per heavy atom. The predicted octanol–water partition coefficient (Wildman–Crippen LogP) is 8.35. The fraction of sp³-hybridized carbons (Fsp3) is 0.516. The number of hydrogen-bond acceptors (Lipinski definition) is 1. The molecule has 1 aliphatic carbocycles. The van der Waals surface area contributed by atoms with Crippen molar-refractivity contribution < 1.29 is 0 Å². The van der Waals surface area contributed by atoms with Crippen LogP contribution in [0.4, 0.5) is 0 Å². The van der Waals surface area contributed by atoms with E-state index in [0.717, 1.165) is 30.4 Å². The lowest BCUT2D eigenvalue weighted by molar-refractivity contribution is 0.384. The summed E-state index contributed by atoms with van der Waals surface area (Å²) in [5, 5.41) is 9.62. The summed E-state index contributed by atoms with van der Waals surface area (Å²) in [6.07, 6.45) is 14.6. The van der Waals surface area contributed by atoms with E-state index in [-0.39, 0.29) is 0 Å². The van der Waals surface area contributed by atoms with E-state index in [1.54, 1.807) is 0 Å². The van der Waals surface area contributed by atoms with Gasteiger partial charge in [-0.3, -0.25) is 0 Å². The van der Waals surface area contributed by atoms with Crippen LogP contribution < -0.4 is 0 Å². The SMILES string of the molecule is CCCCCCCc1ccc(C#CC2CCC(c3ccc(CCC)cc3)CC2)c(C#N)c1. The minimum Gasteiger partial charge on any atom is -0.192 e. The van der Waals surface area contributed by atoms with Crippen LogP contribution in [0.15, 0.2) is 42.5 Å². The Morgan fingerprint density at radius 1 is 0.750 bits per heavy atom. The minimum absolute atomic E-state index is 0.454. The average Bonchev–Trinajstić information content (AvgIpc) is 2.84. The van der Waals surface area contributed by atoms with Crippen LogP contribution in [0.5, 0.6) is 0 Å². The van der Waals surface area contributed by atoms with Crippen LogP contribution in [0.3, 0.4) is 0 Å². The molecule has 2 aromatic rings. The first kappa shape index (κ1) is 24.1. The molecule has 0 spiro atoms. The molecule has 0 radical (unpaired) electrons. The topological polar surface area (TPSA) is 23.8 Å². The number of benzene rings is 2. The summed E-state index contributed by atoms with van der Waals surface area (Å²) in [5.74, 6) is 7.97. The van der Waals surface area contributed by atoms with E-state index in [1.165, 1.54) is 74.5 Å². The molecule has 2 aromatic carbocycles. The van der Waals surface area contributed by atoms with Gasteiger partial charge in [-0.15, -0.1) is 0 Å². The maximum Gasteiger partial charge on any atom is 0.100 e. The normalized spacial score (nSPS) is 17.9. The van der Waals surface area contributed by atoms with Crippen molar-refractivity contribution in [3.8, 4) is 17.9 Å². The zero-order valence-corrected chi connectivity index (χ0v) is 20.1. The number of nitrogens with zero attached hydrogens (tertiary/aromatic N) is 1. The molecular weight excluding hydrogens is 386 g/mol. The molecule has 0 saturated heterocycles. The molecule has 1 heteroatoms. The Bertz CT molecular complexity index is 927. The van der Waals surface area contributed by atoms with Gasteiger partial charge >= 0.3 is 0 Å². The van der Waals surface area contributed by atoms with Gasteiger partial charge in [0.25, 0.3) is 0 Å². The summed E-state index contributed by atoms with van der Waals surface area (Å²) < 4.78 is 0. The van der Waals surface area contributed by atoms with Gasteiger partial charge in [-0.1, -0.05) is 88.1 Å². The lowest BCUT2D eigenvalue weighted by Crippen LogP contribution is -2.12. The van der Waals surface area contributed by atoms with Crippen molar-refractivity contribution in [3.63, 3.8) is 0 Å². The molecule has 1 fully saturated rings. The van der Waals surface area contributed by atoms with Crippen molar-refractivity contribution in [2.45, 2.75) is 96.8 Å². The van der Waals surface area contributed by atoms with Gasteiger partial charge in [-0.2, -0.15) is 5.26 Å². The van der Waals surface area contributed by atoms with E-state index in [1.807, 2.05) is 0 Å². The number of unbranched alkanes of at least 4 members (excludes halogenated alkanes) is 4. The van der Waals surface area contributed by atoms with E-state index < -0.39 is 0 Å². The fourth-order valence-electron chi connectivity index (χ4n) is 4.88. The zero-order chi connectivity index (χ0) is 22.6. The second-order valence-electron chi connectivity index (χ2n) is 9.47. The third kappa shape index (κ3) is 7.28. The quantitative estimate of drug-likeness (QED) is 0.292. The lowest BCUT2D eigenvalue weighted by Gasteiger charge is -2.26. The summed E-state index contributed by atoms with van der Waals surface area (Å²) >= 11 is 0. The molecule has 0 amide bonds. The maximum atomic E-state index is 9.62. The van der Waals surface area contributed by atoms with Crippen LogP contribution in [0.25, 0.3) is 0 Å². The fourth-order valence-corrected chi connectivity index (χ4v) is 4.88. The van der Waals surface area contributed by atoms with E-state index in [4.69, 9.17) is 0 Å². The van der Waals surface area contributed by atoms with E-state index in [0.29, 0.717) is 11.8 Å². The Kier molecular flexibility index (Phi) is 9.91. The number of rotatable bonds is 9. The van der Waals surface area contributed by atoms with Gasteiger partial charge in [-0.25, -0.2) is 0 Å². The van der Waals surface area contributed by atoms with Gasteiger partial charge in [0.15, 0.2) is 0 Å². The van der Waals surface area contributed by atoms with Crippen molar-refractivity contribution in [1.29, 1.82) is 5.26 Å². The van der Waals surface area contributed by atoms with Gasteiger partial charge in [0, 0.05) is 11.5 Å². The second-order valence-corrected chi connectivity index (χ2v) is 9.47. The molecule has 1 aliphatic rings. The second kappa shape index (κ2) is 13.1. The average molecular weight is 426 g/mol. The van der Waals surface area contributed by atoms with Gasteiger partial charge in [0.05, 0.1) is 5.56 Å². The zero-order valence-electron chi connectivity index (χ0n) is 20.1. The smallest absolute Gasteiger partial charge is 0.100 e. The van der Waals surface area contributed by atoms with E-state index in [2.05, 4.69) is 74.2 Å². The molecule has 0 aliphatic heterocycles. The first-order chi connectivity index (χ1) is 15.7. The highest BCUT2D eigenvalue weighted by Gasteiger charge is 2.21. The van der Waals surface area contributed by atoms with Crippen molar-refractivity contribution >= 4 is 0 Å². The predicted molar refractivity (Wildman–Crippen MR) is 136 cm³/mol. The Morgan fingerprint density at radius 3 is 2.16 bits per heavy atom. The largest absolute Gasteiger partial charge is 0.192 e. The summed E-state index contributed by atoms with van der Waals surface area (Å²) in [4.78, 5) is 0. The van der Waals surface area contributed by atoms with Gasteiger partial charge < -0.3 is 0 Å². The van der Waals surface area contributed by atoms with Crippen LogP contribution in [-0.2, 0) is 12.8 Å². The molecule has 1 nitrogen and oxygen atoms in total. The number of aryl methyl sites for hydroxylation is 2. The Balaban J connectivity index is 1.52. The lowest BCUT2D eigenvalue weighted by atomic mass is 9.78.